The molecular weight excluding hydrogens is 240 g/mol. The highest BCUT2D eigenvalue weighted by atomic mass is 16.5. The van der Waals surface area contributed by atoms with Gasteiger partial charge in [0.1, 0.15) is 11.9 Å². The van der Waals surface area contributed by atoms with Gasteiger partial charge in [0, 0.05) is 25.4 Å². The molecule has 1 aromatic carbocycles. The average molecular weight is 256 g/mol. The number of benzene rings is 1. The third kappa shape index (κ3) is 3.33. The van der Waals surface area contributed by atoms with E-state index in [9.17, 15) is 0 Å². The molecule has 0 saturated carbocycles. The Morgan fingerprint density at radius 3 is 2.68 bits per heavy atom. The summed E-state index contributed by atoms with van der Waals surface area (Å²) in [5.41, 5.74) is 7.66. The van der Waals surface area contributed by atoms with Crippen molar-refractivity contribution in [2.45, 2.75) is 12.5 Å². The number of hydrogen-bond acceptors (Lipinski definition) is 4. The maximum Gasteiger partial charge on any atom is 0.139 e. The fraction of sp³-hybridized carbons (Fsp3) is 0.286. The summed E-state index contributed by atoms with van der Waals surface area (Å²) in [6, 6.07) is 9.59. The Labute approximate surface area is 112 Å². The Hall–Kier alpha value is -2.32. The molecule has 0 aliphatic carbocycles. The molecule has 2 aromatic rings. The van der Waals surface area contributed by atoms with Gasteiger partial charge in [-0.25, -0.2) is 0 Å². The molecule has 0 saturated heterocycles. The smallest absolute Gasteiger partial charge is 0.139 e. The van der Waals surface area contributed by atoms with Crippen molar-refractivity contribution in [2.75, 3.05) is 6.54 Å². The second-order valence-corrected chi connectivity index (χ2v) is 4.27. The van der Waals surface area contributed by atoms with Gasteiger partial charge in [-0.3, -0.25) is 4.68 Å². The van der Waals surface area contributed by atoms with Gasteiger partial charge < -0.3 is 10.5 Å². The molecule has 1 aromatic heterocycles. The highest BCUT2D eigenvalue weighted by molar-refractivity contribution is 5.29. The van der Waals surface area contributed by atoms with Gasteiger partial charge in [-0.05, 0) is 17.7 Å². The van der Waals surface area contributed by atoms with E-state index >= 15 is 0 Å². The summed E-state index contributed by atoms with van der Waals surface area (Å²) < 4.78 is 7.55. The fourth-order valence-corrected chi connectivity index (χ4v) is 1.80. The maximum atomic E-state index is 8.62. The number of rotatable bonds is 5. The molecule has 1 unspecified atom stereocenters. The van der Waals surface area contributed by atoms with Crippen molar-refractivity contribution in [1.29, 1.82) is 5.26 Å². The number of ether oxygens (including phenoxy) is 1. The van der Waals surface area contributed by atoms with Gasteiger partial charge >= 0.3 is 0 Å². The summed E-state index contributed by atoms with van der Waals surface area (Å²) in [5.74, 6) is 0.737. The molecule has 0 radical (unpaired) electrons. The van der Waals surface area contributed by atoms with E-state index in [4.69, 9.17) is 15.7 Å². The molecule has 0 amide bonds. The van der Waals surface area contributed by atoms with Crippen LogP contribution in [0.15, 0.2) is 36.7 Å². The minimum atomic E-state index is -0.212. The lowest BCUT2D eigenvalue weighted by atomic mass is 10.1. The molecule has 98 valence electrons. The number of nitrogens with zero attached hydrogens (tertiary/aromatic N) is 3. The monoisotopic (exact) mass is 256 g/mol. The SMILES string of the molecule is Cn1cc(C(CN)Oc2ccc(CC#N)cc2)cn1. The molecule has 5 heteroatoms. The van der Waals surface area contributed by atoms with Crippen molar-refractivity contribution in [3.63, 3.8) is 0 Å². The van der Waals surface area contributed by atoms with E-state index in [1.54, 1.807) is 10.9 Å². The van der Waals surface area contributed by atoms with Gasteiger partial charge in [-0.15, -0.1) is 0 Å². The third-order valence-electron chi connectivity index (χ3n) is 2.80. The van der Waals surface area contributed by atoms with E-state index in [2.05, 4.69) is 11.2 Å². The summed E-state index contributed by atoms with van der Waals surface area (Å²) in [6.07, 6.45) is 3.84. The predicted octanol–water partition coefficient (Wildman–Crippen LogP) is 1.56. The van der Waals surface area contributed by atoms with Crippen LogP contribution in [0.25, 0.3) is 0 Å². The zero-order valence-electron chi connectivity index (χ0n) is 10.8. The molecule has 1 heterocycles. The largest absolute Gasteiger partial charge is 0.484 e. The molecule has 5 nitrogen and oxygen atoms in total. The first-order chi connectivity index (χ1) is 9.22. The zero-order chi connectivity index (χ0) is 13.7. The van der Waals surface area contributed by atoms with Gasteiger partial charge in [-0.2, -0.15) is 10.4 Å². The third-order valence-corrected chi connectivity index (χ3v) is 2.80. The van der Waals surface area contributed by atoms with Crippen LogP contribution in [0.5, 0.6) is 5.75 Å². The van der Waals surface area contributed by atoms with Crippen molar-refractivity contribution >= 4 is 0 Å². The number of aryl methyl sites for hydroxylation is 1. The van der Waals surface area contributed by atoms with E-state index in [0.717, 1.165) is 16.9 Å². The van der Waals surface area contributed by atoms with Crippen LogP contribution in [0, 0.1) is 11.3 Å². The molecule has 0 bridgehead atoms. The summed E-state index contributed by atoms with van der Waals surface area (Å²) in [6.45, 7) is 0.381. The normalized spacial score (nSPS) is 11.8. The molecule has 0 aliphatic heterocycles. The van der Waals surface area contributed by atoms with Gasteiger partial charge in [0.2, 0.25) is 0 Å². The number of hydrogen-bond donors (Lipinski definition) is 1. The Morgan fingerprint density at radius 2 is 2.16 bits per heavy atom. The lowest BCUT2D eigenvalue weighted by Crippen LogP contribution is -2.18. The van der Waals surface area contributed by atoms with E-state index in [1.807, 2.05) is 37.5 Å². The highest BCUT2D eigenvalue weighted by Crippen LogP contribution is 2.21. The summed E-state index contributed by atoms with van der Waals surface area (Å²) >= 11 is 0. The van der Waals surface area contributed by atoms with Crippen LogP contribution in [0.2, 0.25) is 0 Å². The van der Waals surface area contributed by atoms with Gasteiger partial charge in [0.25, 0.3) is 0 Å². The van der Waals surface area contributed by atoms with E-state index in [1.165, 1.54) is 0 Å². The Kier molecular flexibility index (Phi) is 4.16. The van der Waals surface area contributed by atoms with Crippen molar-refractivity contribution in [3.8, 4) is 11.8 Å². The van der Waals surface area contributed by atoms with Crippen molar-refractivity contribution < 1.29 is 4.74 Å². The zero-order valence-corrected chi connectivity index (χ0v) is 10.8. The molecule has 1 atom stereocenters. The second kappa shape index (κ2) is 6.03. The van der Waals surface area contributed by atoms with E-state index in [-0.39, 0.29) is 6.10 Å². The minimum Gasteiger partial charge on any atom is -0.484 e. The number of nitriles is 1. The standard InChI is InChI=1S/C14H16N4O/c1-18-10-12(9-17-18)14(8-16)19-13-4-2-11(3-5-13)6-7-15/h2-5,9-10,14H,6,8,16H2,1H3. The van der Waals surface area contributed by atoms with Crippen LogP contribution >= 0.6 is 0 Å². The van der Waals surface area contributed by atoms with Crippen molar-refractivity contribution in [2.24, 2.45) is 12.8 Å². The van der Waals surface area contributed by atoms with Crippen LogP contribution < -0.4 is 10.5 Å². The van der Waals surface area contributed by atoms with Crippen molar-refractivity contribution in [1.82, 2.24) is 9.78 Å². The molecule has 0 aliphatic rings. The molecule has 2 rings (SSSR count). The van der Waals surface area contributed by atoms with Crippen LogP contribution in [-0.4, -0.2) is 16.3 Å². The molecule has 19 heavy (non-hydrogen) atoms. The van der Waals surface area contributed by atoms with Crippen LogP contribution in [0.3, 0.4) is 0 Å². The topological polar surface area (TPSA) is 76.9 Å². The molecular formula is C14H16N4O. The van der Waals surface area contributed by atoms with Gasteiger partial charge in [-0.1, -0.05) is 12.1 Å². The Balaban J connectivity index is 2.08. The molecule has 0 spiro atoms. The first kappa shape index (κ1) is 13.1. The fourth-order valence-electron chi connectivity index (χ4n) is 1.80. The van der Waals surface area contributed by atoms with Crippen LogP contribution in [0.4, 0.5) is 0 Å². The van der Waals surface area contributed by atoms with Crippen LogP contribution in [0.1, 0.15) is 17.2 Å². The molecule has 0 fully saturated rings. The number of nitrogens with two attached hydrogens (primary N) is 1. The lowest BCUT2D eigenvalue weighted by molar-refractivity contribution is 0.214. The van der Waals surface area contributed by atoms with E-state index in [0.29, 0.717) is 13.0 Å². The maximum absolute atomic E-state index is 8.62. The summed E-state index contributed by atoms with van der Waals surface area (Å²) in [7, 11) is 1.85. The first-order valence-electron chi connectivity index (χ1n) is 6.04. The highest BCUT2D eigenvalue weighted by Gasteiger charge is 2.13. The second-order valence-electron chi connectivity index (χ2n) is 4.27. The van der Waals surface area contributed by atoms with Crippen LogP contribution in [-0.2, 0) is 13.5 Å². The predicted molar refractivity (Wildman–Crippen MR) is 71.4 cm³/mol. The van der Waals surface area contributed by atoms with Crippen molar-refractivity contribution in [3.05, 3.63) is 47.8 Å². The number of aromatic nitrogens is 2. The van der Waals surface area contributed by atoms with E-state index < -0.39 is 0 Å². The lowest BCUT2D eigenvalue weighted by Gasteiger charge is -2.16. The summed E-state index contributed by atoms with van der Waals surface area (Å²) in [5, 5.41) is 12.7. The Bertz CT molecular complexity index is 568. The average Bonchev–Trinajstić information content (AvgIpc) is 2.85. The summed E-state index contributed by atoms with van der Waals surface area (Å²) in [4.78, 5) is 0. The quantitative estimate of drug-likeness (QED) is 0.880. The Morgan fingerprint density at radius 1 is 1.42 bits per heavy atom. The first-order valence-corrected chi connectivity index (χ1v) is 6.04. The van der Waals surface area contributed by atoms with Gasteiger partial charge in [0.05, 0.1) is 18.7 Å². The molecule has 2 N–H and O–H groups in total. The van der Waals surface area contributed by atoms with Gasteiger partial charge in [0.15, 0.2) is 0 Å². The minimum absolute atomic E-state index is 0.212.